The third-order valence-corrected chi connectivity index (χ3v) is 4.48. The van der Waals surface area contributed by atoms with Crippen LogP contribution in [0, 0.1) is 0 Å². The maximum absolute atomic E-state index is 3.68. The number of benzene rings is 1. The van der Waals surface area contributed by atoms with Gasteiger partial charge in [-0.3, -0.25) is 4.90 Å². The van der Waals surface area contributed by atoms with E-state index in [1.807, 2.05) is 11.8 Å². The number of hydrogen-bond donors (Lipinski definition) is 1. The summed E-state index contributed by atoms with van der Waals surface area (Å²) in [6.45, 7) is 5.83. The zero-order valence-corrected chi connectivity index (χ0v) is 12.2. The van der Waals surface area contributed by atoms with Gasteiger partial charge in [0.25, 0.3) is 0 Å². The van der Waals surface area contributed by atoms with Gasteiger partial charge in [0.15, 0.2) is 0 Å². The van der Waals surface area contributed by atoms with Gasteiger partial charge in [-0.25, -0.2) is 0 Å². The van der Waals surface area contributed by atoms with Crippen molar-refractivity contribution in [3.05, 3.63) is 35.9 Å². The Morgan fingerprint density at radius 1 is 1.39 bits per heavy atom. The molecular formula is C15H24N2S. The van der Waals surface area contributed by atoms with Crippen LogP contribution in [0.2, 0.25) is 0 Å². The highest BCUT2D eigenvalue weighted by atomic mass is 32.2. The predicted octanol–water partition coefficient (Wildman–Crippen LogP) is 2.77. The zero-order valence-electron chi connectivity index (χ0n) is 11.4. The van der Waals surface area contributed by atoms with E-state index in [-0.39, 0.29) is 0 Å². The van der Waals surface area contributed by atoms with Gasteiger partial charge in [-0.05, 0) is 38.3 Å². The van der Waals surface area contributed by atoms with Crippen LogP contribution >= 0.6 is 11.8 Å². The third kappa shape index (κ3) is 3.74. The van der Waals surface area contributed by atoms with Crippen LogP contribution in [0.3, 0.4) is 0 Å². The second-order valence-electron chi connectivity index (χ2n) is 5.07. The van der Waals surface area contributed by atoms with Crippen LogP contribution in [0.15, 0.2) is 30.3 Å². The van der Waals surface area contributed by atoms with Crippen LogP contribution < -0.4 is 5.32 Å². The standard InChI is InChI=1S/C15H24N2S/c1-13(12-18-2)17-10-6-9-16-15(11-17)14-7-4-3-5-8-14/h3-5,7-8,13,15-16H,6,9-12H2,1-2H3. The highest BCUT2D eigenvalue weighted by Gasteiger charge is 2.22. The molecule has 0 aromatic heterocycles. The molecule has 2 rings (SSSR count). The molecule has 0 bridgehead atoms. The lowest BCUT2D eigenvalue weighted by Gasteiger charge is -2.30. The SMILES string of the molecule is CSCC(C)N1CCCNC(c2ccccc2)C1. The summed E-state index contributed by atoms with van der Waals surface area (Å²) in [5, 5.41) is 3.68. The maximum Gasteiger partial charge on any atom is 0.0449 e. The van der Waals surface area contributed by atoms with Crippen molar-refractivity contribution < 1.29 is 0 Å². The normalized spacial score (nSPS) is 23.6. The van der Waals surface area contributed by atoms with Gasteiger partial charge in [0.05, 0.1) is 0 Å². The summed E-state index contributed by atoms with van der Waals surface area (Å²) in [7, 11) is 0. The van der Waals surface area contributed by atoms with Crippen LogP contribution in [0.25, 0.3) is 0 Å². The Balaban J connectivity index is 2.03. The smallest absolute Gasteiger partial charge is 0.0449 e. The van der Waals surface area contributed by atoms with E-state index < -0.39 is 0 Å². The highest BCUT2D eigenvalue weighted by molar-refractivity contribution is 7.98. The number of hydrogen-bond acceptors (Lipinski definition) is 3. The fourth-order valence-corrected chi connectivity index (χ4v) is 3.30. The van der Waals surface area contributed by atoms with Crippen molar-refractivity contribution in [2.45, 2.75) is 25.4 Å². The molecule has 100 valence electrons. The van der Waals surface area contributed by atoms with Gasteiger partial charge in [-0.1, -0.05) is 30.3 Å². The number of rotatable bonds is 4. The lowest BCUT2D eigenvalue weighted by molar-refractivity contribution is 0.221. The van der Waals surface area contributed by atoms with Crippen molar-refractivity contribution in [3.63, 3.8) is 0 Å². The molecule has 0 saturated carbocycles. The monoisotopic (exact) mass is 264 g/mol. The third-order valence-electron chi connectivity index (χ3n) is 3.66. The summed E-state index contributed by atoms with van der Waals surface area (Å²) < 4.78 is 0. The molecule has 0 spiro atoms. The highest BCUT2D eigenvalue weighted by Crippen LogP contribution is 2.19. The average molecular weight is 264 g/mol. The average Bonchev–Trinajstić information content (AvgIpc) is 2.66. The van der Waals surface area contributed by atoms with E-state index in [4.69, 9.17) is 0 Å². The molecule has 3 heteroatoms. The molecule has 1 aliphatic heterocycles. The van der Waals surface area contributed by atoms with Crippen molar-refractivity contribution in [2.24, 2.45) is 0 Å². The first kappa shape index (κ1) is 13.9. The molecule has 1 aromatic rings. The minimum atomic E-state index is 0.484. The molecule has 0 aliphatic carbocycles. The molecule has 1 fully saturated rings. The quantitative estimate of drug-likeness (QED) is 0.900. The van der Waals surface area contributed by atoms with Crippen molar-refractivity contribution >= 4 is 11.8 Å². The Kier molecular flexibility index (Phi) is 5.54. The van der Waals surface area contributed by atoms with E-state index in [0.717, 1.165) is 13.1 Å². The summed E-state index contributed by atoms with van der Waals surface area (Å²) in [5.74, 6) is 1.22. The Labute approximate surface area is 115 Å². The van der Waals surface area contributed by atoms with Crippen LogP contribution in [-0.4, -0.2) is 42.6 Å². The molecular weight excluding hydrogens is 240 g/mol. The fourth-order valence-electron chi connectivity index (χ4n) is 2.60. The Morgan fingerprint density at radius 3 is 2.89 bits per heavy atom. The van der Waals surface area contributed by atoms with Crippen molar-refractivity contribution in [1.29, 1.82) is 0 Å². The first-order valence-electron chi connectivity index (χ1n) is 6.82. The second-order valence-corrected chi connectivity index (χ2v) is 5.98. The van der Waals surface area contributed by atoms with E-state index in [9.17, 15) is 0 Å². The summed E-state index contributed by atoms with van der Waals surface area (Å²) in [6, 6.07) is 12.0. The van der Waals surface area contributed by atoms with Crippen molar-refractivity contribution in [1.82, 2.24) is 10.2 Å². The molecule has 0 amide bonds. The predicted molar refractivity (Wildman–Crippen MR) is 81.2 cm³/mol. The maximum atomic E-state index is 3.68. The van der Waals surface area contributed by atoms with Crippen molar-refractivity contribution in [2.75, 3.05) is 31.6 Å². The first-order valence-corrected chi connectivity index (χ1v) is 8.22. The van der Waals surface area contributed by atoms with Gasteiger partial charge < -0.3 is 5.32 Å². The minimum Gasteiger partial charge on any atom is -0.309 e. The number of nitrogens with zero attached hydrogens (tertiary/aromatic N) is 1. The van der Waals surface area contributed by atoms with E-state index in [1.54, 1.807) is 0 Å². The molecule has 1 aliphatic rings. The summed E-state index contributed by atoms with van der Waals surface area (Å²) in [5.41, 5.74) is 1.42. The molecule has 1 N–H and O–H groups in total. The number of thioether (sulfide) groups is 1. The Bertz CT molecular complexity index is 342. The summed E-state index contributed by atoms with van der Waals surface area (Å²) >= 11 is 1.95. The lowest BCUT2D eigenvalue weighted by Crippen LogP contribution is -2.38. The van der Waals surface area contributed by atoms with Gasteiger partial charge >= 0.3 is 0 Å². The van der Waals surface area contributed by atoms with E-state index >= 15 is 0 Å². The van der Waals surface area contributed by atoms with Gasteiger partial charge in [0, 0.05) is 24.4 Å². The number of nitrogens with one attached hydrogen (secondary N) is 1. The van der Waals surface area contributed by atoms with Crippen LogP contribution in [0.4, 0.5) is 0 Å². The molecule has 1 saturated heterocycles. The lowest BCUT2D eigenvalue weighted by atomic mass is 10.1. The van der Waals surface area contributed by atoms with Crippen LogP contribution in [-0.2, 0) is 0 Å². The fraction of sp³-hybridized carbons (Fsp3) is 0.600. The summed E-state index contributed by atoms with van der Waals surface area (Å²) in [4.78, 5) is 2.63. The molecule has 2 nitrogen and oxygen atoms in total. The van der Waals surface area contributed by atoms with E-state index in [1.165, 1.54) is 24.3 Å². The molecule has 2 unspecified atom stereocenters. The minimum absolute atomic E-state index is 0.484. The van der Waals surface area contributed by atoms with Crippen molar-refractivity contribution in [3.8, 4) is 0 Å². The molecule has 18 heavy (non-hydrogen) atoms. The zero-order chi connectivity index (χ0) is 12.8. The van der Waals surface area contributed by atoms with Gasteiger partial charge in [-0.2, -0.15) is 11.8 Å². The topological polar surface area (TPSA) is 15.3 Å². The van der Waals surface area contributed by atoms with Gasteiger partial charge in [-0.15, -0.1) is 0 Å². The van der Waals surface area contributed by atoms with E-state index in [2.05, 4.69) is 53.7 Å². The molecule has 2 atom stereocenters. The van der Waals surface area contributed by atoms with E-state index in [0.29, 0.717) is 12.1 Å². The van der Waals surface area contributed by atoms with Gasteiger partial charge in [0.2, 0.25) is 0 Å². The Morgan fingerprint density at radius 2 is 2.17 bits per heavy atom. The van der Waals surface area contributed by atoms with Crippen LogP contribution in [0.1, 0.15) is 24.9 Å². The molecule has 0 radical (unpaired) electrons. The molecule has 1 aromatic carbocycles. The molecule has 1 heterocycles. The largest absolute Gasteiger partial charge is 0.309 e. The second kappa shape index (κ2) is 7.17. The Hall–Kier alpha value is -0.510. The first-order chi connectivity index (χ1) is 8.81. The summed E-state index contributed by atoms with van der Waals surface area (Å²) in [6.07, 6.45) is 3.45. The van der Waals surface area contributed by atoms with Gasteiger partial charge in [0.1, 0.15) is 0 Å². The van der Waals surface area contributed by atoms with Crippen LogP contribution in [0.5, 0.6) is 0 Å².